The molecule has 0 spiro atoms. The van der Waals surface area contributed by atoms with Gasteiger partial charge in [-0.1, -0.05) is 18.2 Å². The van der Waals surface area contributed by atoms with Gasteiger partial charge in [-0.15, -0.1) is 0 Å². The van der Waals surface area contributed by atoms with Crippen LogP contribution in [0.25, 0.3) is 151 Å². The van der Waals surface area contributed by atoms with Crippen LogP contribution >= 0.6 is 0 Å². The number of rotatable bonds is 1. The number of aryl methyl sites for hydroxylation is 9. The number of hydrogen-bond acceptors (Lipinski definition) is 6. The zero-order chi connectivity index (χ0) is 47.2. The third-order valence-electron chi connectivity index (χ3n) is 17.9. The van der Waals surface area contributed by atoms with E-state index in [1.54, 1.807) is 0 Å². The lowest BCUT2D eigenvalue weighted by Gasteiger charge is -2.31. The Hall–Kier alpha value is -8.03. The van der Waals surface area contributed by atoms with Crippen LogP contribution < -0.4 is 21.7 Å². The number of carbonyl (C=O) groups is 1. The van der Waals surface area contributed by atoms with Crippen LogP contribution in [0.5, 0.6) is 5.75 Å². The molecule has 7 nitrogen and oxygen atoms in total. The number of benzene rings is 15. The standard InChI is InChI=1S/C61H38O7/c1-17-15-29-42-33(63)14-13-32(62)41(42)27-11-12-28-44-43(27)45(29)35(18(17)2)37-22(6)24(8)39-40-25(9)23(7)38-36-21(5)19(3)20(4)34-26(10)58(64)49-31(61(67)68)16-30-46(55(49)50(34)36)52(38)54(40)57-48(30)60(66)59(65)47(28)56(57)53(39)51(37)44/h11-16,64H,1-10H3,(H,67,68). The number of carboxylic acids is 1. The molecule has 15 aromatic carbocycles. The van der Waals surface area contributed by atoms with E-state index in [1.807, 2.05) is 39.0 Å². The van der Waals surface area contributed by atoms with Gasteiger partial charge in [-0.2, -0.15) is 0 Å². The highest BCUT2D eigenvalue weighted by Gasteiger charge is 2.36. The van der Waals surface area contributed by atoms with E-state index in [4.69, 9.17) is 0 Å². The highest BCUT2D eigenvalue weighted by Crippen LogP contribution is 2.60. The zero-order valence-corrected chi connectivity index (χ0v) is 38.9. The van der Waals surface area contributed by atoms with Crippen molar-refractivity contribution in [2.75, 3.05) is 0 Å². The van der Waals surface area contributed by atoms with Crippen molar-refractivity contribution in [3.05, 3.63) is 138 Å². The summed E-state index contributed by atoms with van der Waals surface area (Å²) in [5.74, 6) is -1.35. The van der Waals surface area contributed by atoms with Gasteiger partial charge in [0.1, 0.15) is 5.75 Å². The molecular weight excluding hydrogens is 845 g/mol. The smallest absolute Gasteiger partial charge is 0.336 e. The van der Waals surface area contributed by atoms with Crippen molar-refractivity contribution >= 4 is 157 Å². The van der Waals surface area contributed by atoms with Gasteiger partial charge in [0.2, 0.25) is 10.9 Å². The van der Waals surface area contributed by atoms with E-state index in [0.717, 1.165) is 131 Å². The SMILES string of the molecule is Cc1cc2c3c(=O)ccc(=O)c3c3ccc4c5c(=O)c(=O)c6c7cc(C(=O)O)c8c(O)c(C)c9c(C)c(C)c(C)c%10c%11c(C)c(C)c%12c%13c(C)c(C)c%14c(c1C)c2c3c4c%14c%13c5c6c%12c%11c7c8c9%10. The molecule has 15 aromatic rings. The highest BCUT2D eigenvalue weighted by atomic mass is 16.4. The molecule has 68 heavy (non-hydrogen) atoms. The largest absolute Gasteiger partial charge is 0.507 e. The molecule has 0 unspecified atom stereocenters. The Kier molecular flexibility index (Phi) is 6.28. The number of aromatic carboxylic acids is 1. The second-order valence-electron chi connectivity index (χ2n) is 20.4. The Labute approximate surface area is 383 Å². The zero-order valence-electron chi connectivity index (χ0n) is 38.9. The van der Waals surface area contributed by atoms with Crippen molar-refractivity contribution in [1.29, 1.82) is 0 Å². The van der Waals surface area contributed by atoms with Crippen LogP contribution in [0.15, 0.2) is 55.6 Å². The van der Waals surface area contributed by atoms with E-state index in [-0.39, 0.29) is 32.9 Å². The minimum absolute atomic E-state index is 0.107. The molecule has 0 amide bonds. The molecule has 15 rings (SSSR count). The van der Waals surface area contributed by atoms with Crippen molar-refractivity contribution in [2.24, 2.45) is 0 Å². The molecule has 2 N–H and O–H groups in total. The van der Waals surface area contributed by atoms with Crippen LogP contribution in [-0.4, -0.2) is 16.2 Å². The number of phenols is 1. The van der Waals surface area contributed by atoms with E-state index in [9.17, 15) is 24.6 Å². The van der Waals surface area contributed by atoms with Crippen molar-refractivity contribution in [3.63, 3.8) is 0 Å². The normalized spacial score (nSPS) is 13.3. The van der Waals surface area contributed by atoms with Crippen LogP contribution in [0, 0.1) is 69.2 Å². The molecule has 0 saturated heterocycles. The summed E-state index contributed by atoms with van der Waals surface area (Å²) in [6.07, 6.45) is 0. The molecule has 0 heterocycles. The average Bonchev–Trinajstić information content (AvgIpc) is 3.31. The number of aromatic hydroxyl groups is 1. The van der Waals surface area contributed by atoms with Crippen molar-refractivity contribution in [2.45, 2.75) is 69.2 Å². The second-order valence-corrected chi connectivity index (χ2v) is 20.4. The van der Waals surface area contributed by atoms with Crippen LogP contribution in [0.4, 0.5) is 0 Å². The first kappa shape index (κ1) is 38.1. The summed E-state index contributed by atoms with van der Waals surface area (Å²) in [7, 11) is 0. The summed E-state index contributed by atoms with van der Waals surface area (Å²) in [4.78, 5) is 73.1. The first-order valence-corrected chi connectivity index (χ1v) is 23.2. The quantitative estimate of drug-likeness (QED) is 0.0955. The Balaban J connectivity index is 1.40. The molecule has 0 aliphatic rings. The summed E-state index contributed by atoms with van der Waals surface area (Å²) in [5.41, 5.74) is 7.92. The van der Waals surface area contributed by atoms with Crippen LogP contribution in [0.3, 0.4) is 0 Å². The minimum atomic E-state index is -1.25. The summed E-state index contributed by atoms with van der Waals surface area (Å²) in [6.45, 7) is 21.0. The topological polar surface area (TPSA) is 126 Å². The van der Waals surface area contributed by atoms with Gasteiger partial charge in [0.05, 0.1) is 5.56 Å². The van der Waals surface area contributed by atoms with Gasteiger partial charge in [0, 0.05) is 43.1 Å². The predicted octanol–water partition coefficient (Wildman–Crippen LogP) is 13.3. The number of carboxylic acid groups (broad SMARTS) is 1. The van der Waals surface area contributed by atoms with Gasteiger partial charge in [-0.25, -0.2) is 4.79 Å². The van der Waals surface area contributed by atoms with Crippen molar-refractivity contribution in [3.8, 4) is 5.75 Å². The first-order valence-electron chi connectivity index (χ1n) is 23.2. The van der Waals surface area contributed by atoms with E-state index in [2.05, 4.69) is 48.5 Å². The number of phenolic OH excluding ortho intramolecular Hbond substituents is 1. The van der Waals surface area contributed by atoms with E-state index >= 15 is 9.59 Å². The van der Waals surface area contributed by atoms with Gasteiger partial charge >= 0.3 is 5.97 Å². The predicted molar refractivity (Wildman–Crippen MR) is 282 cm³/mol. The molecule has 0 radical (unpaired) electrons. The van der Waals surface area contributed by atoms with Gasteiger partial charge < -0.3 is 10.2 Å². The van der Waals surface area contributed by atoms with Crippen LogP contribution in [-0.2, 0) is 0 Å². The lowest BCUT2D eigenvalue weighted by Crippen LogP contribution is -2.25. The summed E-state index contributed by atoms with van der Waals surface area (Å²) < 4.78 is 0. The molecule has 0 atom stereocenters. The maximum Gasteiger partial charge on any atom is 0.336 e. The Bertz CT molecular complexity index is 5300. The van der Waals surface area contributed by atoms with Crippen LogP contribution in [0.1, 0.15) is 66.0 Å². The van der Waals surface area contributed by atoms with Crippen molar-refractivity contribution < 1.29 is 15.0 Å². The molecule has 0 bridgehead atoms. The monoisotopic (exact) mass is 882 g/mol. The fraction of sp³-hybridized carbons (Fsp3) is 0.164. The highest BCUT2D eigenvalue weighted by molar-refractivity contribution is 6.58. The Morgan fingerprint density at radius 2 is 0.662 bits per heavy atom. The van der Waals surface area contributed by atoms with Gasteiger partial charge in [-0.05, 0) is 251 Å². The fourth-order valence-electron chi connectivity index (χ4n) is 14.6. The summed E-state index contributed by atoms with van der Waals surface area (Å²) in [5, 5.41) is 43.4. The first-order chi connectivity index (χ1) is 32.4. The lowest BCUT2D eigenvalue weighted by molar-refractivity contribution is 0.0699. The molecule has 0 aliphatic carbocycles. The number of hydrogen-bond donors (Lipinski definition) is 2. The average molecular weight is 883 g/mol. The Morgan fingerprint density at radius 3 is 1.19 bits per heavy atom. The maximum atomic E-state index is 15.7. The summed E-state index contributed by atoms with van der Waals surface area (Å²) >= 11 is 0. The maximum absolute atomic E-state index is 15.7. The summed E-state index contributed by atoms with van der Waals surface area (Å²) in [6, 6.07) is 10.0. The molecular formula is C61H38O7. The third-order valence-corrected chi connectivity index (χ3v) is 17.9. The lowest BCUT2D eigenvalue weighted by atomic mass is 9.71. The number of fused-ring (bicyclic) bond motifs is 8. The third kappa shape index (κ3) is 3.56. The van der Waals surface area contributed by atoms with E-state index in [0.29, 0.717) is 64.8 Å². The molecule has 7 heteroatoms. The Morgan fingerprint density at radius 1 is 0.324 bits per heavy atom. The molecule has 324 valence electrons. The van der Waals surface area contributed by atoms with Gasteiger partial charge in [0.25, 0.3) is 0 Å². The van der Waals surface area contributed by atoms with Gasteiger partial charge in [0.15, 0.2) is 10.9 Å². The minimum Gasteiger partial charge on any atom is -0.507 e. The van der Waals surface area contributed by atoms with E-state index < -0.39 is 16.8 Å². The van der Waals surface area contributed by atoms with Crippen molar-refractivity contribution in [1.82, 2.24) is 0 Å². The molecule has 0 aromatic heterocycles. The molecule has 0 saturated carbocycles. The van der Waals surface area contributed by atoms with Gasteiger partial charge in [-0.3, -0.25) is 19.2 Å². The molecule has 0 aliphatic heterocycles. The van der Waals surface area contributed by atoms with Crippen LogP contribution in [0.2, 0.25) is 0 Å². The van der Waals surface area contributed by atoms with E-state index in [1.165, 1.54) is 18.2 Å². The molecule has 0 fully saturated rings. The fourth-order valence-corrected chi connectivity index (χ4v) is 14.6. The second kappa shape index (κ2) is 11.2.